The van der Waals surface area contributed by atoms with Crippen LogP contribution in [0.25, 0.3) is 0 Å². The number of unbranched alkanes of at least 4 members (excludes halogenated alkanes) is 3. The molecule has 0 bridgehead atoms. The fourth-order valence-corrected chi connectivity index (χ4v) is 1.77. The molecule has 2 heteroatoms. The van der Waals surface area contributed by atoms with Crippen molar-refractivity contribution in [1.29, 1.82) is 0 Å². The van der Waals surface area contributed by atoms with Gasteiger partial charge in [0.15, 0.2) is 0 Å². The Kier molecular flexibility index (Phi) is 9.97. The molecule has 0 aliphatic rings. The summed E-state index contributed by atoms with van der Waals surface area (Å²) >= 11 is 5.62. The van der Waals surface area contributed by atoms with Gasteiger partial charge in [0.1, 0.15) is 0 Å². The normalized spacial score (nSPS) is 13.5. The molecule has 1 atom stereocenters. The average molecular weight is 220 g/mol. The predicted molar refractivity (Wildman–Crippen MR) is 66.1 cm³/mol. The number of hydrogen-bond donors (Lipinski definition) is 0. The molecule has 0 rings (SSSR count). The highest BCUT2D eigenvalue weighted by atomic mass is 35.5. The molecule has 0 N–H and O–H groups in total. The Morgan fingerprint density at radius 3 is 2.36 bits per heavy atom. The van der Waals surface area contributed by atoms with Gasteiger partial charge in [-0.3, -0.25) is 0 Å². The van der Waals surface area contributed by atoms with Crippen LogP contribution in [0.15, 0.2) is 0 Å². The van der Waals surface area contributed by atoms with Crippen molar-refractivity contribution < 1.29 is 0 Å². The van der Waals surface area contributed by atoms with Crippen LogP contribution < -0.4 is 0 Å². The third-order valence-corrected chi connectivity index (χ3v) is 3.01. The number of nitrogens with zero attached hydrogens (tertiary/aromatic N) is 1. The van der Waals surface area contributed by atoms with Crippen molar-refractivity contribution in [2.24, 2.45) is 5.92 Å². The van der Waals surface area contributed by atoms with Crippen molar-refractivity contribution in [3.63, 3.8) is 0 Å². The van der Waals surface area contributed by atoms with Gasteiger partial charge in [-0.05, 0) is 32.4 Å². The molecule has 14 heavy (non-hydrogen) atoms. The van der Waals surface area contributed by atoms with Crippen molar-refractivity contribution >= 4 is 11.6 Å². The molecule has 0 spiro atoms. The van der Waals surface area contributed by atoms with Gasteiger partial charge in [-0.25, -0.2) is 0 Å². The Bertz CT molecular complexity index is 117. The fourth-order valence-electron chi connectivity index (χ4n) is 1.58. The van der Waals surface area contributed by atoms with Gasteiger partial charge in [0.25, 0.3) is 0 Å². The molecule has 0 heterocycles. The van der Waals surface area contributed by atoms with Crippen LogP contribution in [0, 0.1) is 5.92 Å². The summed E-state index contributed by atoms with van der Waals surface area (Å²) in [6.07, 6.45) is 6.41. The molecule has 0 aromatic rings. The molecular weight excluding hydrogens is 194 g/mol. The van der Waals surface area contributed by atoms with Crippen LogP contribution in [0.4, 0.5) is 0 Å². The summed E-state index contributed by atoms with van der Waals surface area (Å²) in [5.74, 6) is 1.66. The first kappa shape index (κ1) is 14.2. The zero-order valence-corrected chi connectivity index (χ0v) is 10.8. The predicted octanol–water partition coefficient (Wildman–Crippen LogP) is 3.76. The Hall–Kier alpha value is 0.250. The van der Waals surface area contributed by atoms with E-state index in [1.807, 2.05) is 0 Å². The first-order valence-electron chi connectivity index (χ1n) is 5.95. The van der Waals surface area contributed by atoms with E-state index in [0.29, 0.717) is 0 Å². The standard InChI is InChI=1S/C12H26ClN/c1-4-12(2)11-14(3)10-8-6-5-7-9-13/h12H,4-11H2,1-3H3. The van der Waals surface area contributed by atoms with Crippen molar-refractivity contribution in [3.8, 4) is 0 Å². The van der Waals surface area contributed by atoms with Gasteiger partial charge in [-0.2, -0.15) is 0 Å². The minimum absolute atomic E-state index is 0.822. The second-order valence-corrected chi connectivity index (χ2v) is 4.76. The summed E-state index contributed by atoms with van der Waals surface area (Å²) < 4.78 is 0. The second-order valence-electron chi connectivity index (χ2n) is 4.38. The molecule has 1 unspecified atom stereocenters. The van der Waals surface area contributed by atoms with Crippen LogP contribution in [0.5, 0.6) is 0 Å². The van der Waals surface area contributed by atoms with E-state index in [0.717, 1.165) is 11.8 Å². The van der Waals surface area contributed by atoms with Gasteiger partial charge in [0, 0.05) is 12.4 Å². The van der Waals surface area contributed by atoms with Crippen molar-refractivity contribution in [1.82, 2.24) is 4.90 Å². The molecule has 0 saturated heterocycles. The van der Waals surface area contributed by atoms with Crippen LogP contribution in [-0.4, -0.2) is 30.9 Å². The lowest BCUT2D eigenvalue weighted by atomic mass is 10.1. The fraction of sp³-hybridized carbons (Fsp3) is 1.00. The topological polar surface area (TPSA) is 3.24 Å². The zero-order chi connectivity index (χ0) is 10.8. The van der Waals surface area contributed by atoms with Gasteiger partial charge in [0.05, 0.1) is 0 Å². The molecule has 0 radical (unpaired) electrons. The zero-order valence-electron chi connectivity index (χ0n) is 10.1. The maximum atomic E-state index is 5.62. The van der Waals surface area contributed by atoms with E-state index in [9.17, 15) is 0 Å². The summed E-state index contributed by atoms with van der Waals surface area (Å²) in [4.78, 5) is 2.45. The van der Waals surface area contributed by atoms with Crippen LogP contribution in [0.3, 0.4) is 0 Å². The van der Waals surface area contributed by atoms with Gasteiger partial charge in [-0.15, -0.1) is 11.6 Å². The van der Waals surface area contributed by atoms with Gasteiger partial charge in [-0.1, -0.05) is 33.1 Å². The Balaban J connectivity index is 3.22. The van der Waals surface area contributed by atoms with E-state index in [1.165, 1.54) is 45.2 Å². The molecule has 0 aromatic heterocycles. The van der Waals surface area contributed by atoms with Crippen LogP contribution in [-0.2, 0) is 0 Å². The Morgan fingerprint density at radius 1 is 1.14 bits per heavy atom. The number of alkyl halides is 1. The lowest BCUT2D eigenvalue weighted by Gasteiger charge is -2.20. The lowest BCUT2D eigenvalue weighted by molar-refractivity contribution is 0.276. The molecule has 0 aliphatic heterocycles. The van der Waals surface area contributed by atoms with Crippen molar-refractivity contribution in [2.75, 3.05) is 26.0 Å². The molecule has 0 fully saturated rings. The van der Waals surface area contributed by atoms with Crippen molar-refractivity contribution in [2.45, 2.75) is 46.0 Å². The summed E-state index contributed by atoms with van der Waals surface area (Å²) in [6, 6.07) is 0. The maximum Gasteiger partial charge on any atom is 0.0223 e. The molecule has 86 valence electrons. The first-order valence-corrected chi connectivity index (χ1v) is 6.48. The third-order valence-electron chi connectivity index (χ3n) is 2.74. The van der Waals surface area contributed by atoms with Gasteiger partial charge in [0.2, 0.25) is 0 Å². The quantitative estimate of drug-likeness (QED) is 0.422. The largest absolute Gasteiger partial charge is 0.306 e. The SMILES string of the molecule is CCC(C)CN(C)CCCCCCCl. The summed E-state index contributed by atoms with van der Waals surface area (Å²) in [5.41, 5.74) is 0. The third kappa shape index (κ3) is 8.83. The van der Waals surface area contributed by atoms with Gasteiger partial charge < -0.3 is 4.90 Å². The highest BCUT2D eigenvalue weighted by molar-refractivity contribution is 6.17. The molecule has 0 aliphatic carbocycles. The molecule has 0 aromatic carbocycles. The Morgan fingerprint density at radius 2 is 1.79 bits per heavy atom. The van der Waals surface area contributed by atoms with Crippen molar-refractivity contribution in [3.05, 3.63) is 0 Å². The van der Waals surface area contributed by atoms with E-state index < -0.39 is 0 Å². The number of rotatable bonds is 9. The highest BCUT2D eigenvalue weighted by Crippen LogP contribution is 2.05. The first-order chi connectivity index (χ1) is 6.70. The van der Waals surface area contributed by atoms with E-state index in [-0.39, 0.29) is 0 Å². The number of halogens is 1. The number of hydrogen-bond acceptors (Lipinski definition) is 1. The monoisotopic (exact) mass is 219 g/mol. The summed E-state index contributed by atoms with van der Waals surface area (Å²) in [7, 11) is 2.23. The average Bonchev–Trinajstić information content (AvgIpc) is 2.17. The van der Waals surface area contributed by atoms with E-state index in [4.69, 9.17) is 11.6 Å². The smallest absolute Gasteiger partial charge is 0.0223 e. The maximum absolute atomic E-state index is 5.62. The summed E-state index contributed by atoms with van der Waals surface area (Å²) in [5, 5.41) is 0. The van der Waals surface area contributed by atoms with E-state index in [2.05, 4.69) is 25.8 Å². The summed E-state index contributed by atoms with van der Waals surface area (Å²) in [6.45, 7) is 7.07. The molecule has 1 nitrogen and oxygen atoms in total. The van der Waals surface area contributed by atoms with Crippen LogP contribution in [0.2, 0.25) is 0 Å². The van der Waals surface area contributed by atoms with E-state index in [1.54, 1.807) is 0 Å². The minimum Gasteiger partial charge on any atom is -0.306 e. The van der Waals surface area contributed by atoms with Gasteiger partial charge >= 0.3 is 0 Å². The minimum atomic E-state index is 0.822. The molecule has 0 amide bonds. The van der Waals surface area contributed by atoms with Crippen LogP contribution in [0.1, 0.15) is 46.0 Å². The Labute approximate surface area is 94.8 Å². The lowest BCUT2D eigenvalue weighted by Crippen LogP contribution is -2.25. The van der Waals surface area contributed by atoms with E-state index >= 15 is 0 Å². The highest BCUT2D eigenvalue weighted by Gasteiger charge is 2.03. The molecule has 0 saturated carbocycles. The van der Waals surface area contributed by atoms with Crippen LogP contribution >= 0.6 is 11.6 Å². The second kappa shape index (κ2) is 9.79. The molecular formula is C12H26ClN.